The van der Waals surface area contributed by atoms with E-state index in [1.165, 1.54) is 0 Å². The lowest BCUT2D eigenvalue weighted by Crippen LogP contribution is -2.30. The number of imidazole rings is 1. The van der Waals surface area contributed by atoms with Gasteiger partial charge in [0, 0.05) is 25.3 Å². The number of nitrogen functional groups attached to an aromatic ring is 1. The molecule has 1 heterocycles. The summed E-state index contributed by atoms with van der Waals surface area (Å²) in [6, 6.07) is 5.57. The fourth-order valence-corrected chi connectivity index (χ4v) is 2.26. The first-order chi connectivity index (χ1) is 10.0. The number of nitrogens with two attached hydrogens (primary N) is 1. The van der Waals surface area contributed by atoms with Gasteiger partial charge in [0.15, 0.2) is 0 Å². The lowest BCUT2D eigenvalue weighted by atomic mass is 10.2. The molecule has 6 nitrogen and oxygen atoms in total. The fraction of sp³-hybridized carbons (Fsp3) is 0.467. The molecule has 3 N–H and O–H groups in total. The predicted octanol–water partition coefficient (Wildman–Crippen LogP) is 1.50. The van der Waals surface area contributed by atoms with E-state index in [-0.39, 0.29) is 18.4 Å². The molecule has 2 rings (SSSR count). The molecule has 0 aliphatic heterocycles. The van der Waals surface area contributed by atoms with Gasteiger partial charge in [-0.15, -0.1) is 0 Å². The van der Waals surface area contributed by atoms with Gasteiger partial charge in [0.05, 0.1) is 17.6 Å². The lowest BCUT2D eigenvalue weighted by molar-refractivity contribution is -0.121. The smallest absolute Gasteiger partial charge is 0.240 e. The van der Waals surface area contributed by atoms with Gasteiger partial charge >= 0.3 is 0 Å². The maximum absolute atomic E-state index is 12.0. The van der Waals surface area contributed by atoms with E-state index >= 15 is 0 Å². The van der Waals surface area contributed by atoms with E-state index in [2.05, 4.69) is 24.1 Å². The summed E-state index contributed by atoms with van der Waals surface area (Å²) >= 11 is 0. The Balaban J connectivity index is 2.28. The van der Waals surface area contributed by atoms with Gasteiger partial charge in [0.25, 0.3) is 0 Å². The van der Waals surface area contributed by atoms with Crippen molar-refractivity contribution in [2.75, 3.05) is 26.0 Å². The molecule has 21 heavy (non-hydrogen) atoms. The summed E-state index contributed by atoms with van der Waals surface area (Å²) in [5, 5.41) is 2.83. The molecule has 2 aromatic rings. The van der Waals surface area contributed by atoms with Crippen LogP contribution in [0.1, 0.15) is 25.6 Å². The lowest BCUT2D eigenvalue weighted by Gasteiger charge is -2.11. The Bertz CT molecular complexity index is 634. The van der Waals surface area contributed by atoms with E-state index in [1.54, 1.807) is 7.11 Å². The quantitative estimate of drug-likeness (QED) is 0.624. The topological polar surface area (TPSA) is 82.2 Å². The van der Waals surface area contributed by atoms with Gasteiger partial charge in [-0.1, -0.05) is 13.8 Å². The molecule has 0 spiro atoms. The second kappa shape index (κ2) is 6.58. The van der Waals surface area contributed by atoms with Crippen molar-refractivity contribution in [2.45, 2.75) is 26.3 Å². The number of nitrogens with one attached hydrogen (secondary N) is 1. The Hall–Kier alpha value is -2.08. The molecule has 0 saturated heterocycles. The molecular formula is C15H22N4O2. The number of nitrogens with zero attached hydrogens (tertiary/aromatic N) is 2. The third-order valence-corrected chi connectivity index (χ3v) is 3.25. The third kappa shape index (κ3) is 3.52. The van der Waals surface area contributed by atoms with E-state index < -0.39 is 0 Å². The SMILES string of the molecule is COCCNC(=O)Cn1c(C(C)C)nc2cc(N)ccc21. The zero-order valence-electron chi connectivity index (χ0n) is 12.7. The van der Waals surface area contributed by atoms with Gasteiger partial charge in [0.2, 0.25) is 5.91 Å². The molecule has 0 fully saturated rings. The summed E-state index contributed by atoms with van der Waals surface area (Å²) in [5.41, 5.74) is 8.22. The molecule has 0 atom stereocenters. The van der Waals surface area contributed by atoms with E-state index in [0.717, 1.165) is 16.9 Å². The summed E-state index contributed by atoms with van der Waals surface area (Å²) in [5.74, 6) is 1.06. The number of amides is 1. The fourth-order valence-electron chi connectivity index (χ4n) is 2.26. The van der Waals surface area contributed by atoms with Crippen LogP contribution in [-0.2, 0) is 16.1 Å². The normalized spacial score (nSPS) is 11.2. The number of hydrogen-bond donors (Lipinski definition) is 2. The highest BCUT2D eigenvalue weighted by molar-refractivity contribution is 5.83. The Kier molecular flexibility index (Phi) is 4.80. The average Bonchev–Trinajstić information content (AvgIpc) is 2.77. The molecule has 0 radical (unpaired) electrons. The minimum absolute atomic E-state index is 0.0509. The summed E-state index contributed by atoms with van der Waals surface area (Å²) in [4.78, 5) is 16.6. The Morgan fingerprint density at radius 3 is 2.90 bits per heavy atom. The summed E-state index contributed by atoms with van der Waals surface area (Å²) in [6.07, 6.45) is 0. The highest BCUT2D eigenvalue weighted by Gasteiger charge is 2.16. The second-order valence-corrected chi connectivity index (χ2v) is 5.30. The molecule has 114 valence electrons. The Morgan fingerprint density at radius 2 is 2.24 bits per heavy atom. The van der Waals surface area contributed by atoms with Gasteiger partial charge in [-0.3, -0.25) is 4.79 Å². The molecule has 0 saturated carbocycles. The van der Waals surface area contributed by atoms with Crippen LogP contribution in [0.25, 0.3) is 11.0 Å². The van der Waals surface area contributed by atoms with E-state index in [1.807, 2.05) is 22.8 Å². The Morgan fingerprint density at radius 1 is 1.48 bits per heavy atom. The average molecular weight is 290 g/mol. The van der Waals surface area contributed by atoms with Crippen LogP contribution in [0.2, 0.25) is 0 Å². The first kappa shape index (κ1) is 15.3. The first-order valence-electron chi connectivity index (χ1n) is 7.04. The van der Waals surface area contributed by atoms with Crippen molar-refractivity contribution in [3.63, 3.8) is 0 Å². The number of hydrogen-bond acceptors (Lipinski definition) is 4. The largest absolute Gasteiger partial charge is 0.399 e. The van der Waals surface area contributed by atoms with Gasteiger partial charge < -0.3 is 20.4 Å². The van der Waals surface area contributed by atoms with Crippen LogP contribution in [0.3, 0.4) is 0 Å². The van der Waals surface area contributed by atoms with Crippen LogP contribution in [0.15, 0.2) is 18.2 Å². The molecule has 1 amide bonds. The van der Waals surface area contributed by atoms with E-state index in [4.69, 9.17) is 10.5 Å². The van der Waals surface area contributed by atoms with E-state index in [0.29, 0.717) is 18.8 Å². The maximum Gasteiger partial charge on any atom is 0.240 e. The van der Waals surface area contributed by atoms with Crippen molar-refractivity contribution in [1.29, 1.82) is 0 Å². The van der Waals surface area contributed by atoms with Gasteiger partial charge in [0.1, 0.15) is 12.4 Å². The summed E-state index contributed by atoms with van der Waals surface area (Å²) < 4.78 is 6.87. The molecular weight excluding hydrogens is 268 g/mol. The van der Waals surface area contributed by atoms with Gasteiger partial charge in [-0.05, 0) is 18.2 Å². The number of methoxy groups -OCH3 is 1. The predicted molar refractivity (Wildman–Crippen MR) is 83.1 cm³/mol. The molecule has 1 aromatic heterocycles. The monoisotopic (exact) mass is 290 g/mol. The second-order valence-electron chi connectivity index (χ2n) is 5.30. The molecule has 1 aromatic carbocycles. The minimum atomic E-state index is -0.0509. The number of carbonyl (C=O) groups is 1. The number of fused-ring (bicyclic) bond motifs is 1. The highest BCUT2D eigenvalue weighted by Crippen LogP contribution is 2.23. The van der Waals surface area contributed by atoms with Gasteiger partial charge in [-0.2, -0.15) is 0 Å². The molecule has 0 bridgehead atoms. The molecule has 6 heteroatoms. The summed E-state index contributed by atoms with van der Waals surface area (Å²) in [6.45, 7) is 5.38. The van der Waals surface area contributed by atoms with Crippen LogP contribution >= 0.6 is 0 Å². The van der Waals surface area contributed by atoms with Crippen molar-refractivity contribution >= 4 is 22.6 Å². The van der Waals surface area contributed by atoms with Gasteiger partial charge in [-0.25, -0.2) is 4.98 Å². The van der Waals surface area contributed by atoms with Crippen molar-refractivity contribution in [2.24, 2.45) is 0 Å². The maximum atomic E-state index is 12.0. The zero-order valence-corrected chi connectivity index (χ0v) is 12.7. The molecule has 0 aliphatic rings. The van der Waals surface area contributed by atoms with Crippen LogP contribution in [0.4, 0.5) is 5.69 Å². The van der Waals surface area contributed by atoms with Crippen molar-refractivity contribution in [3.8, 4) is 0 Å². The molecule has 0 unspecified atom stereocenters. The third-order valence-electron chi connectivity index (χ3n) is 3.25. The van der Waals surface area contributed by atoms with Crippen LogP contribution < -0.4 is 11.1 Å². The first-order valence-corrected chi connectivity index (χ1v) is 7.04. The number of anilines is 1. The highest BCUT2D eigenvalue weighted by atomic mass is 16.5. The standard InChI is InChI=1S/C15H22N4O2/c1-10(2)15-18-12-8-11(16)4-5-13(12)19(15)9-14(20)17-6-7-21-3/h4-5,8,10H,6-7,9,16H2,1-3H3,(H,17,20). The Labute approximate surface area is 124 Å². The minimum Gasteiger partial charge on any atom is -0.399 e. The zero-order chi connectivity index (χ0) is 15.4. The van der Waals surface area contributed by atoms with Crippen molar-refractivity contribution in [3.05, 3.63) is 24.0 Å². The van der Waals surface area contributed by atoms with Crippen molar-refractivity contribution in [1.82, 2.24) is 14.9 Å². The number of aromatic nitrogens is 2. The van der Waals surface area contributed by atoms with Crippen LogP contribution in [0, 0.1) is 0 Å². The van der Waals surface area contributed by atoms with Crippen LogP contribution in [-0.4, -0.2) is 35.7 Å². The number of benzene rings is 1. The van der Waals surface area contributed by atoms with Crippen LogP contribution in [0.5, 0.6) is 0 Å². The van der Waals surface area contributed by atoms with Crippen molar-refractivity contribution < 1.29 is 9.53 Å². The molecule has 0 aliphatic carbocycles. The number of rotatable bonds is 6. The van der Waals surface area contributed by atoms with E-state index in [9.17, 15) is 4.79 Å². The number of carbonyl (C=O) groups excluding carboxylic acids is 1. The summed E-state index contributed by atoms with van der Waals surface area (Å²) in [7, 11) is 1.61. The number of ether oxygens (including phenoxy) is 1.